The molecule has 0 aliphatic rings. The Morgan fingerprint density at radius 2 is 1.67 bits per heavy atom. The Balaban J connectivity index is 2.53. The van der Waals surface area contributed by atoms with Crippen LogP contribution in [0.2, 0.25) is 5.02 Å². The average Bonchev–Trinajstić information content (AvgIpc) is 2.46. The van der Waals surface area contributed by atoms with Gasteiger partial charge in [0, 0.05) is 10.6 Å². The number of hydrogen-bond donors (Lipinski definition) is 0. The van der Waals surface area contributed by atoms with E-state index in [9.17, 15) is 0 Å². The second-order valence-corrected chi connectivity index (χ2v) is 6.31. The summed E-state index contributed by atoms with van der Waals surface area (Å²) in [4.78, 5) is 0. The van der Waals surface area contributed by atoms with Gasteiger partial charge in [0.2, 0.25) is 0 Å². The summed E-state index contributed by atoms with van der Waals surface area (Å²) in [7, 11) is 3.22. The van der Waals surface area contributed by atoms with Crippen molar-refractivity contribution in [1.82, 2.24) is 0 Å². The molecule has 5 heteroatoms. The molecule has 2 rings (SSSR count). The average molecular weight is 390 g/mol. The predicted molar refractivity (Wildman–Crippen MR) is 91.1 cm³/mol. The van der Waals surface area contributed by atoms with Crippen LogP contribution in [-0.4, -0.2) is 14.2 Å². The van der Waals surface area contributed by atoms with Crippen LogP contribution < -0.4 is 9.47 Å². The van der Waals surface area contributed by atoms with E-state index in [1.807, 2.05) is 37.3 Å². The van der Waals surface area contributed by atoms with E-state index < -0.39 is 5.38 Å². The summed E-state index contributed by atoms with van der Waals surface area (Å²) in [6.07, 6.45) is 0. The smallest absolute Gasteiger partial charge is 0.133 e. The van der Waals surface area contributed by atoms with Crippen molar-refractivity contribution in [2.45, 2.75) is 12.3 Å². The summed E-state index contributed by atoms with van der Waals surface area (Å²) in [5, 5.41) is 0.217. The number of alkyl halides is 1. The highest BCUT2D eigenvalue weighted by Gasteiger charge is 2.20. The Bertz CT molecular complexity index is 659. The SMILES string of the molecule is COc1cc(C(Cl)c2ccc(C)cc2Cl)c(OC)cc1Br. The molecule has 0 fully saturated rings. The zero-order chi connectivity index (χ0) is 15.6. The number of aryl methyl sites for hydroxylation is 1. The first kappa shape index (κ1) is 16.5. The molecule has 21 heavy (non-hydrogen) atoms. The third-order valence-electron chi connectivity index (χ3n) is 3.21. The van der Waals surface area contributed by atoms with Crippen LogP contribution in [0.1, 0.15) is 22.1 Å². The fourth-order valence-electron chi connectivity index (χ4n) is 2.09. The number of rotatable bonds is 4. The maximum absolute atomic E-state index is 6.62. The van der Waals surface area contributed by atoms with Gasteiger partial charge in [-0.2, -0.15) is 0 Å². The van der Waals surface area contributed by atoms with Crippen LogP contribution in [-0.2, 0) is 0 Å². The fourth-order valence-corrected chi connectivity index (χ4v) is 3.33. The third kappa shape index (κ3) is 3.47. The lowest BCUT2D eigenvalue weighted by molar-refractivity contribution is 0.397. The molecule has 0 heterocycles. The highest BCUT2D eigenvalue weighted by molar-refractivity contribution is 9.10. The molecule has 0 aromatic heterocycles. The van der Waals surface area contributed by atoms with Crippen molar-refractivity contribution in [3.8, 4) is 11.5 Å². The Morgan fingerprint density at radius 1 is 1.00 bits per heavy atom. The van der Waals surface area contributed by atoms with Gasteiger partial charge in [0.25, 0.3) is 0 Å². The van der Waals surface area contributed by atoms with Gasteiger partial charge in [0.15, 0.2) is 0 Å². The number of benzene rings is 2. The highest BCUT2D eigenvalue weighted by atomic mass is 79.9. The molecule has 2 aromatic rings. The maximum Gasteiger partial charge on any atom is 0.133 e. The lowest BCUT2D eigenvalue weighted by atomic mass is 10.0. The monoisotopic (exact) mass is 388 g/mol. The Morgan fingerprint density at radius 3 is 2.24 bits per heavy atom. The summed E-state index contributed by atoms with van der Waals surface area (Å²) >= 11 is 16.4. The van der Waals surface area contributed by atoms with Crippen molar-refractivity contribution < 1.29 is 9.47 Å². The largest absolute Gasteiger partial charge is 0.496 e. The van der Waals surface area contributed by atoms with Crippen LogP contribution in [0.3, 0.4) is 0 Å². The molecule has 1 unspecified atom stereocenters. The van der Waals surface area contributed by atoms with Crippen LogP contribution in [0.15, 0.2) is 34.8 Å². The van der Waals surface area contributed by atoms with Gasteiger partial charge in [-0.3, -0.25) is 0 Å². The molecule has 0 bridgehead atoms. The molecule has 0 aliphatic heterocycles. The lowest BCUT2D eigenvalue weighted by Gasteiger charge is -2.18. The molecule has 0 N–H and O–H groups in total. The summed E-state index contributed by atoms with van der Waals surface area (Å²) in [6, 6.07) is 9.51. The normalized spacial score (nSPS) is 12.1. The zero-order valence-electron chi connectivity index (χ0n) is 11.9. The van der Waals surface area contributed by atoms with Crippen LogP contribution >= 0.6 is 39.1 Å². The third-order valence-corrected chi connectivity index (χ3v) is 4.62. The lowest BCUT2D eigenvalue weighted by Crippen LogP contribution is -2.00. The van der Waals surface area contributed by atoms with Gasteiger partial charge in [0.1, 0.15) is 11.5 Å². The molecule has 0 radical (unpaired) electrons. The first-order valence-corrected chi connectivity index (χ1v) is 7.90. The van der Waals surface area contributed by atoms with Crippen molar-refractivity contribution >= 4 is 39.1 Å². The van der Waals surface area contributed by atoms with E-state index in [1.165, 1.54) is 0 Å². The van der Waals surface area contributed by atoms with Crippen molar-refractivity contribution in [3.05, 3.63) is 56.5 Å². The van der Waals surface area contributed by atoms with Crippen LogP contribution in [0.5, 0.6) is 11.5 Å². The Labute approximate surface area is 143 Å². The van der Waals surface area contributed by atoms with Crippen LogP contribution in [0, 0.1) is 6.92 Å². The molecule has 0 spiro atoms. The number of hydrogen-bond acceptors (Lipinski definition) is 2. The molecule has 1 atom stereocenters. The van der Waals surface area contributed by atoms with E-state index in [0.29, 0.717) is 16.5 Å². The Kier molecular flexibility index (Phi) is 5.42. The number of ether oxygens (including phenoxy) is 2. The van der Waals surface area contributed by atoms with Gasteiger partial charge < -0.3 is 9.47 Å². The van der Waals surface area contributed by atoms with E-state index in [1.54, 1.807) is 14.2 Å². The van der Waals surface area contributed by atoms with Gasteiger partial charge >= 0.3 is 0 Å². The number of methoxy groups -OCH3 is 2. The summed E-state index contributed by atoms with van der Waals surface area (Å²) in [5.74, 6) is 1.37. The van der Waals surface area contributed by atoms with Gasteiger partial charge in [0.05, 0.1) is 24.1 Å². The van der Waals surface area contributed by atoms with Gasteiger partial charge in [-0.05, 0) is 52.2 Å². The van der Waals surface area contributed by atoms with Gasteiger partial charge in [-0.15, -0.1) is 11.6 Å². The highest BCUT2D eigenvalue weighted by Crippen LogP contribution is 2.42. The molecule has 112 valence electrons. The van der Waals surface area contributed by atoms with Crippen molar-refractivity contribution in [1.29, 1.82) is 0 Å². The van der Waals surface area contributed by atoms with Gasteiger partial charge in [-0.1, -0.05) is 23.7 Å². The van der Waals surface area contributed by atoms with E-state index in [0.717, 1.165) is 21.2 Å². The minimum atomic E-state index is -0.421. The summed E-state index contributed by atoms with van der Waals surface area (Å²) in [5.41, 5.74) is 2.74. The van der Waals surface area contributed by atoms with Crippen molar-refractivity contribution in [2.24, 2.45) is 0 Å². The van der Waals surface area contributed by atoms with E-state index in [4.69, 9.17) is 32.7 Å². The molecule has 0 aliphatic carbocycles. The quantitative estimate of drug-likeness (QED) is 0.619. The molecule has 0 saturated heterocycles. The molecular weight excluding hydrogens is 375 g/mol. The molecule has 2 nitrogen and oxygen atoms in total. The standard InChI is InChI=1S/C16H15BrCl2O2/c1-9-4-5-10(13(18)6-9)16(19)11-7-15(21-3)12(17)8-14(11)20-2/h4-8,16H,1-3H3. The minimum absolute atomic E-state index is 0.421. The maximum atomic E-state index is 6.62. The molecule has 0 saturated carbocycles. The first-order valence-electron chi connectivity index (χ1n) is 6.29. The Hall–Kier alpha value is -0.900. The molecule has 2 aromatic carbocycles. The first-order chi connectivity index (χ1) is 9.97. The van der Waals surface area contributed by atoms with E-state index in [2.05, 4.69) is 15.9 Å². The number of halogens is 3. The summed E-state index contributed by atoms with van der Waals surface area (Å²) < 4.78 is 11.6. The zero-order valence-corrected chi connectivity index (χ0v) is 15.0. The van der Waals surface area contributed by atoms with Crippen LogP contribution in [0.4, 0.5) is 0 Å². The second kappa shape index (κ2) is 6.91. The van der Waals surface area contributed by atoms with E-state index in [-0.39, 0.29) is 0 Å². The molecular formula is C16H15BrCl2O2. The fraction of sp³-hybridized carbons (Fsp3) is 0.250. The van der Waals surface area contributed by atoms with Gasteiger partial charge in [-0.25, -0.2) is 0 Å². The van der Waals surface area contributed by atoms with E-state index >= 15 is 0 Å². The van der Waals surface area contributed by atoms with Crippen molar-refractivity contribution in [3.63, 3.8) is 0 Å². The minimum Gasteiger partial charge on any atom is -0.496 e. The van der Waals surface area contributed by atoms with Crippen molar-refractivity contribution in [2.75, 3.05) is 14.2 Å². The predicted octanol–water partition coefficient (Wildman–Crippen LogP) is 5.76. The van der Waals surface area contributed by atoms with Crippen LogP contribution in [0.25, 0.3) is 0 Å². The second-order valence-electron chi connectivity index (χ2n) is 4.62. The summed E-state index contributed by atoms with van der Waals surface area (Å²) in [6.45, 7) is 1.99. The molecule has 0 amide bonds. The topological polar surface area (TPSA) is 18.5 Å².